The van der Waals surface area contributed by atoms with Crippen molar-refractivity contribution >= 4 is 23.2 Å². The van der Waals surface area contributed by atoms with Crippen molar-refractivity contribution in [2.75, 3.05) is 23.8 Å². The molecule has 0 aliphatic rings. The summed E-state index contributed by atoms with van der Waals surface area (Å²) < 4.78 is 11.0. The molecule has 0 fully saturated rings. The third-order valence-electron chi connectivity index (χ3n) is 6.10. The van der Waals surface area contributed by atoms with E-state index in [0.717, 1.165) is 33.6 Å². The molecule has 0 spiro atoms. The van der Waals surface area contributed by atoms with Crippen molar-refractivity contribution in [1.29, 1.82) is 0 Å². The lowest BCUT2D eigenvalue weighted by molar-refractivity contribution is 0.101. The fraction of sp³-hybridized carbons (Fsp3) is 0.188. The Balaban J connectivity index is 1.46. The van der Waals surface area contributed by atoms with Crippen LogP contribution in [0.25, 0.3) is 11.1 Å². The molecule has 2 N–H and O–H groups in total. The summed E-state index contributed by atoms with van der Waals surface area (Å²) in [5.41, 5.74) is 6.50. The van der Waals surface area contributed by atoms with Crippen LogP contribution in [0.1, 0.15) is 45.7 Å². The Bertz CT molecular complexity index is 1350. The quantitative estimate of drug-likeness (QED) is 0.249. The van der Waals surface area contributed by atoms with E-state index in [2.05, 4.69) is 10.6 Å². The van der Waals surface area contributed by atoms with Crippen LogP contribution in [0.2, 0.25) is 0 Å². The van der Waals surface area contributed by atoms with Gasteiger partial charge >= 0.3 is 0 Å². The minimum absolute atomic E-state index is 0.190. The summed E-state index contributed by atoms with van der Waals surface area (Å²) in [6.07, 6.45) is 0. The van der Waals surface area contributed by atoms with Gasteiger partial charge in [-0.15, -0.1) is 0 Å². The predicted molar refractivity (Wildman–Crippen MR) is 152 cm³/mol. The lowest BCUT2D eigenvalue weighted by Gasteiger charge is -2.13. The summed E-state index contributed by atoms with van der Waals surface area (Å²) in [4.78, 5) is 25.6. The fourth-order valence-corrected chi connectivity index (χ4v) is 4.14. The zero-order valence-corrected chi connectivity index (χ0v) is 22.1. The third kappa shape index (κ3) is 6.40. The average molecular weight is 509 g/mol. The second-order valence-electron chi connectivity index (χ2n) is 8.89. The second-order valence-corrected chi connectivity index (χ2v) is 8.89. The minimum Gasteiger partial charge on any atom is -0.494 e. The number of aryl methyl sites for hydroxylation is 2. The zero-order chi connectivity index (χ0) is 27.1. The van der Waals surface area contributed by atoms with Crippen molar-refractivity contribution in [3.8, 4) is 22.6 Å². The summed E-state index contributed by atoms with van der Waals surface area (Å²) in [6.45, 7) is 8.83. The van der Waals surface area contributed by atoms with Crippen LogP contribution in [0.5, 0.6) is 11.5 Å². The van der Waals surface area contributed by atoms with Gasteiger partial charge in [0, 0.05) is 22.5 Å². The number of nitrogens with one attached hydrogen (secondary N) is 2. The molecule has 0 bridgehead atoms. The standard InChI is InChI=1S/C32H32N2O4/c1-5-37-27-11-7-9-25(19-27)31(35)33-29-15-13-23(17-21(29)3)24-14-16-30(22(4)18-24)34-32(36)26-10-8-12-28(20-26)38-6-2/h7-20H,5-6H2,1-4H3,(H,33,35)(H,34,36). The third-order valence-corrected chi connectivity index (χ3v) is 6.10. The molecule has 0 unspecified atom stereocenters. The number of hydrogen-bond acceptors (Lipinski definition) is 4. The number of benzene rings is 4. The van der Waals surface area contributed by atoms with Crippen molar-refractivity contribution in [3.63, 3.8) is 0 Å². The lowest BCUT2D eigenvalue weighted by Crippen LogP contribution is -2.13. The number of anilines is 2. The molecule has 0 aliphatic carbocycles. The molecule has 4 aromatic carbocycles. The van der Waals surface area contributed by atoms with Crippen LogP contribution in [0, 0.1) is 13.8 Å². The van der Waals surface area contributed by atoms with Gasteiger partial charge in [0.15, 0.2) is 0 Å². The van der Waals surface area contributed by atoms with Crippen LogP contribution in [-0.4, -0.2) is 25.0 Å². The van der Waals surface area contributed by atoms with Crippen molar-refractivity contribution in [1.82, 2.24) is 0 Å². The summed E-state index contributed by atoms with van der Waals surface area (Å²) in [5, 5.41) is 5.99. The van der Waals surface area contributed by atoms with Gasteiger partial charge in [-0.2, -0.15) is 0 Å². The van der Waals surface area contributed by atoms with Crippen LogP contribution in [0.4, 0.5) is 11.4 Å². The van der Waals surface area contributed by atoms with E-state index in [1.807, 2.05) is 88.4 Å². The molecule has 0 saturated carbocycles. The first kappa shape index (κ1) is 26.5. The Kier molecular flexibility index (Phi) is 8.44. The number of ether oxygens (including phenoxy) is 2. The summed E-state index contributed by atoms with van der Waals surface area (Å²) >= 11 is 0. The van der Waals surface area contributed by atoms with Crippen LogP contribution in [0.15, 0.2) is 84.9 Å². The predicted octanol–water partition coefficient (Wildman–Crippen LogP) is 7.27. The highest BCUT2D eigenvalue weighted by Crippen LogP contribution is 2.29. The van der Waals surface area contributed by atoms with Gasteiger partial charge < -0.3 is 20.1 Å². The highest BCUT2D eigenvalue weighted by Gasteiger charge is 2.12. The molecule has 2 amide bonds. The SMILES string of the molecule is CCOc1cccc(C(=O)Nc2ccc(-c3ccc(NC(=O)c4cccc(OCC)c4)c(C)c3)cc2C)c1. The van der Waals surface area contributed by atoms with Crippen LogP contribution in [0.3, 0.4) is 0 Å². The monoisotopic (exact) mass is 508 g/mol. The van der Waals surface area contributed by atoms with Gasteiger partial charge in [0.25, 0.3) is 11.8 Å². The molecule has 0 atom stereocenters. The number of carbonyl (C=O) groups excluding carboxylic acids is 2. The van der Waals surface area contributed by atoms with E-state index in [4.69, 9.17) is 9.47 Å². The van der Waals surface area contributed by atoms with Crippen molar-refractivity contribution in [3.05, 3.63) is 107 Å². The summed E-state index contributed by atoms with van der Waals surface area (Å²) in [5.74, 6) is 0.956. The minimum atomic E-state index is -0.190. The molecular formula is C32H32N2O4. The molecule has 6 nitrogen and oxygen atoms in total. The van der Waals surface area contributed by atoms with Crippen LogP contribution >= 0.6 is 0 Å². The molecule has 0 radical (unpaired) electrons. The van der Waals surface area contributed by atoms with E-state index in [0.29, 0.717) is 35.8 Å². The Morgan fingerprint density at radius 1 is 0.605 bits per heavy atom. The second kappa shape index (κ2) is 12.1. The van der Waals surface area contributed by atoms with Gasteiger partial charge in [0.2, 0.25) is 0 Å². The van der Waals surface area contributed by atoms with E-state index in [1.54, 1.807) is 24.3 Å². The average Bonchev–Trinajstić information content (AvgIpc) is 2.91. The summed E-state index contributed by atoms with van der Waals surface area (Å²) in [7, 11) is 0. The maximum Gasteiger partial charge on any atom is 0.255 e. The van der Waals surface area contributed by atoms with Crippen molar-refractivity contribution in [2.45, 2.75) is 27.7 Å². The topological polar surface area (TPSA) is 76.7 Å². The van der Waals surface area contributed by atoms with Gasteiger partial charge in [-0.3, -0.25) is 9.59 Å². The Hall–Kier alpha value is -4.58. The largest absolute Gasteiger partial charge is 0.494 e. The van der Waals surface area contributed by atoms with Crippen molar-refractivity contribution < 1.29 is 19.1 Å². The number of carbonyl (C=O) groups is 2. The number of amides is 2. The Morgan fingerprint density at radius 3 is 1.39 bits per heavy atom. The van der Waals surface area contributed by atoms with E-state index in [9.17, 15) is 9.59 Å². The smallest absolute Gasteiger partial charge is 0.255 e. The number of hydrogen-bond donors (Lipinski definition) is 2. The Labute approximate surface area is 223 Å². The zero-order valence-electron chi connectivity index (χ0n) is 22.1. The molecule has 0 aliphatic heterocycles. The van der Waals surface area contributed by atoms with E-state index < -0.39 is 0 Å². The van der Waals surface area contributed by atoms with Crippen LogP contribution in [-0.2, 0) is 0 Å². The Morgan fingerprint density at radius 2 is 1.03 bits per heavy atom. The lowest BCUT2D eigenvalue weighted by atomic mass is 9.99. The van der Waals surface area contributed by atoms with Crippen LogP contribution < -0.4 is 20.1 Å². The molecule has 0 heterocycles. The molecule has 6 heteroatoms. The van der Waals surface area contributed by atoms with E-state index in [1.165, 1.54) is 0 Å². The van der Waals surface area contributed by atoms with E-state index in [-0.39, 0.29) is 11.8 Å². The highest BCUT2D eigenvalue weighted by atomic mass is 16.5. The normalized spacial score (nSPS) is 10.5. The first-order valence-corrected chi connectivity index (χ1v) is 12.7. The van der Waals surface area contributed by atoms with Gasteiger partial charge in [-0.05, 0) is 111 Å². The van der Waals surface area contributed by atoms with Gasteiger partial charge in [0.05, 0.1) is 13.2 Å². The molecule has 0 aromatic heterocycles. The molecule has 4 aromatic rings. The first-order valence-electron chi connectivity index (χ1n) is 12.7. The summed E-state index contributed by atoms with van der Waals surface area (Å²) in [6, 6.07) is 26.1. The molecule has 38 heavy (non-hydrogen) atoms. The number of rotatable bonds is 9. The van der Waals surface area contributed by atoms with Crippen molar-refractivity contribution in [2.24, 2.45) is 0 Å². The highest BCUT2D eigenvalue weighted by molar-refractivity contribution is 6.05. The van der Waals surface area contributed by atoms with E-state index >= 15 is 0 Å². The fourth-order valence-electron chi connectivity index (χ4n) is 4.14. The van der Waals surface area contributed by atoms with Gasteiger partial charge in [0.1, 0.15) is 11.5 Å². The van der Waals surface area contributed by atoms with Gasteiger partial charge in [-0.1, -0.05) is 24.3 Å². The molecule has 4 rings (SSSR count). The molecule has 194 valence electrons. The molecule has 0 saturated heterocycles. The molecular weight excluding hydrogens is 476 g/mol. The maximum atomic E-state index is 12.8. The first-order chi connectivity index (χ1) is 18.4. The maximum absolute atomic E-state index is 12.8. The van der Waals surface area contributed by atoms with Gasteiger partial charge in [-0.25, -0.2) is 0 Å².